The predicted molar refractivity (Wildman–Crippen MR) is 157 cm³/mol. The average Bonchev–Trinajstić information content (AvgIpc) is 3.36. The molecule has 1 atom stereocenters. The molecule has 0 bridgehead atoms. The van der Waals surface area contributed by atoms with Gasteiger partial charge in [-0.3, -0.25) is 4.79 Å². The van der Waals surface area contributed by atoms with Gasteiger partial charge in [0, 0.05) is 38.4 Å². The summed E-state index contributed by atoms with van der Waals surface area (Å²) in [6, 6.07) is 6.24. The minimum absolute atomic E-state index is 0.0727. The lowest BCUT2D eigenvalue weighted by atomic mass is 10.1. The van der Waals surface area contributed by atoms with Crippen molar-refractivity contribution < 1.29 is 50.2 Å². The Labute approximate surface area is 263 Å². The minimum Gasteiger partial charge on any atom is -0.475 e. The van der Waals surface area contributed by atoms with Gasteiger partial charge in [-0.25, -0.2) is 32.0 Å². The van der Waals surface area contributed by atoms with E-state index in [-0.39, 0.29) is 34.7 Å². The SMILES string of the molecule is Nc1nc(NC2CCN(S(=O)(=O)c3ccc(N4CCCC(O)C4)nc3)CC2)sc1C(=O)c1c(F)cccc1F.O=C(O)C(F)(F)F. The van der Waals surface area contributed by atoms with E-state index in [2.05, 4.69) is 15.3 Å². The standard InChI is InChI=1S/C25H28F2N6O4S2.C2HF3O2/c26-18-4-1-5-19(27)21(18)22(35)23-24(28)31-25(38-23)30-15-8-11-33(12-9-15)39(36,37)17-6-7-20(29-13-17)32-10-2-3-16(34)14-32;3-2(4,5)1(6)7/h1,4-7,13,15-16,34H,2-3,8-12,14,28H2,(H,30,31);(H,6,7). The number of piperidine rings is 2. The number of alkyl halides is 3. The summed E-state index contributed by atoms with van der Waals surface area (Å²) in [5.41, 5.74) is 5.19. The van der Waals surface area contributed by atoms with Crippen molar-refractivity contribution in [1.29, 1.82) is 0 Å². The Bertz CT molecular complexity index is 1640. The highest BCUT2D eigenvalue weighted by Crippen LogP contribution is 2.31. The van der Waals surface area contributed by atoms with Gasteiger partial charge in [-0.2, -0.15) is 17.5 Å². The third-order valence-electron chi connectivity index (χ3n) is 7.15. The van der Waals surface area contributed by atoms with E-state index in [4.69, 9.17) is 15.6 Å². The molecule has 3 aromatic rings. The van der Waals surface area contributed by atoms with E-state index < -0.39 is 51.3 Å². The molecule has 2 aliphatic heterocycles. The maximum Gasteiger partial charge on any atom is 0.490 e. The van der Waals surface area contributed by atoms with Crippen LogP contribution in [0.25, 0.3) is 0 Å². The monoisotopic (exact) mass is 692 g/mol. The smallest absolute Gasteiger partial charge is 0.475 e. The number of hydrogen-bond donors (Lipinski definition) is 4. The Morgan fingerprint density at radius 2 is 1.67 bits per heavy atom. The number of carboxylic acid groups (broad SMARTS) is 1. The molecule has 2 aromatic heterocycles. The first-order valence-corrected chi connectivity index (χ1v) is 16.0. The Balaban J connectivity index is 0.000000617. The number of nitrogens with two attached hydrogens (primary N) is 1. The number of hydrogen-bond acceptors (Lipinski definition) is 11. The molecule has 2 aliphatic rings. The van der Waals surface area contributed by atoms with Crippen LogP contribution < -0.4 is 16.0 Å². The molecule has 1 aromatic carbocycles. The Kier molecular flexibility index (Phi) is 10.8. The molecular formula is C27H29F5N6O6S2. The number of carboxylic acids is 1. The highest BCUT2D eigenvalue weighted by molar-refractivity contribution is 7.89. The number of aliphatic carboxylic acids is 1. The number of carbonyl (C=O) groups is 2. The highest BCUT2D eigenvalue weighted by Gasteiger charge is 2.38. The number of β-amino-alcohol motifs (C(OH)–C–C–N with tert-alkyl or cyclic N) is 1. The first-order valence-electron chi connectivity index (χ1n) is 13.8. The number of nitrogens with one attached hydrogen (secondary N) is 1. The fourth-order valence-electron chi connectivity index (χ4n) is 4.82. The molecule has 0 amide bonds. The Hall–Kier alpha value is -3.94. The number of benzene rings is 1. The summed E-state index contributed by atoms with van der Waals surface area (Å²) in [5.74, 6) is -5.10. The maximum atomic E-state index is 14.1. The predicted octanol–water partition coefficient (Wildman–Crippen LogP) is 3.49. The molecule has 250 valence electrons. The van der Waals surface area contributed by atoms with Crippen LogP contribution >= 0.6 is 11.3 Å². The Morgan fingerprint density at radius 1 is 1.04 bits per heavy atom. The molecule has 5 N–H and O–H groups in total. The van der Waals surface area contributed by atoms with Crippen LogP contribution in [0.15, 0.2) is 41.4 Å². The summed E-state index contributed by atoms with van der Waals surface area (Å²) in [6.07, 6.45) is -1.60. The van der Waals surface area contributed by atoms with Crippen molar-refractivity contribution in [2.75, 3.05) is 42.1 Å². The molecule has 19 heteroatoms. The topological polar surface area (TPSA) is 179 Å². The highest BCUT2D eigenvalue weighted by atomic mass is 32.2. The Morgan fingerprint density at radius 3 is 2.22 bits per heavy atom. The van der Waals surface area contributed by atoms with E-state index in [1.54, 1.807) is 6.07 Å². The lowest BCUT2D eigenvalue weighted by Gasteiger charge is -2.32. The van der Waals surface area contributed by atoms with Gasteiger partial charge in [0.15, 0.2) is 5.13 Å². The minimum atomic E-state index is -5.08. The molecule has 0 saturated carbocycles. The summed E-state index contributed by atoms with van der Waals surface area (Å²) in [7, 11) is -3.74. The van der Waals surface area contributed by atoms with Crippen molar-refractivity contribution in [3.05, 3.63) is 58.6 Å². The van der Waals surface area contributed by atoms with Crippen LogP contribution in [-0.2, 0) is 14.8 Å². The zero-order valence-electron chi connectivity index (χ0n) is 23.9. The van der Waals surface area contributed by atoms with Crippen molar-refractivity contribution in [2.45, 2.75) is 48.9 Å². The fourth-order valence-corrected chi connectivity index (χ4v) is 7.15. The van der Waals surface area contributed by atoms with Gasteiger partial charge in [-0.05, 0) is 49.9 Å². The number of carbonyl (C=O) groups excluding carboxylic acids is 1. The van der Waals surface area contributed by atoms with E-state index in [9.17, 15) is 40.3 Å². The second kappa shape index (κ2) is 14.2. The van der Waals surface area contributed by atoms with Crippen LogP contribution in [0, 0.1) is 11.6 Å². The number of ketones is 1. The number of anilines is 3. The largest absolute Gasteiger partial charge is 0.490 e. The second-order valence-corrected chi connectivity index (χ2v) is 13.3. The number of aromatic nitrogens is 2. The molecular weight excluding hydrogens is 663 g/mol. The van der Waals surface area contributed by atoms with E-state index in [0.29, 0.717) is 30.3 Å². The molecule has 0 aliphatic carbocycles. The number of nitrogen functional groups attached to an aromatic ring is 1. The van der Waals surface area contributed by atoms with Gasteiger partial charge in [0.25, 0.3) is 0 Å². The second-order valence-electron chi connectivity index (χ2n) is 10.4. The molecule has 12 nitrogen and oxygen atoms in total. The quantitative estimate of drug-likeness (QED) is 0.210. The van der Waals surface area contributed by atoms with Gasteiger partial charge in [-0.1, -0.05) is 17.4 Å². The first-order chi connectivity index (χ1) is 21.6. The van der Waals surface area contributed by atoms with Crippen molar-refractivity contribution in [3.8, 4) is 0 Å². The fraction of sp³-hybridized carbons (Fsp3) is 0.407. The normalized spacial score (nSPS) is 18.0. The molecule has 0 radical (unpaired) electrons. The van der Waals surface area contributed by atoms with Crippen molar-refractivity contribution in [2.24, 2.45) is 0 Å². The van der Waals surface area contributed by atoms with E-state index in [1.807, 2.05) is 4.90 Å². The zero-order valence-corrected chi connectivity index (χ0v) is 25.5. The van der Waals surface area contributed by atoms with Gasteiger partial charge in [0.05, 0.1) is 11.7 Å². The number of sulfonamides is 1. The molecule has 46 heavy (non-hydrogen) atoms. The van der Waals surface area contributed by atoms with E-state index in [1.165, 1.54) is 22.6 Å². The van der Waals surface area contributed by atoms with Crippen molar-refractivity contribution in [3.63, 3.8) is 0 Å². The number of nitrogens with zero attached hydrogens (tertiary/aromatic N) is 4. The molecule has 1 unspecified atom stereocenters. The maximum absolute atomic E-state index is 14.1. The van der Waals surface area contributed by atoms with Gasteiger partial charge in [-0.15, -0.1) is 0 Å². The number of pyridine rings is 1. The number of aliphatic hydroxyl groups is 1. The summed E-state index contributed by atoms with van der Waals surface area (Å²) in [5, 5.41) is 20.5. The summed E-state index contributed by atoms with van der Waals surface area (Å²) >= 11 is 0.900. The summed E-state index contributed by atoms with van der Waals surface area (Å²) in [6.45, 7) is 1.75. The van der Waals surface area contributed by atoms with Crippen LogP contribution in [-0.4, -0.2) is 89.2 Å². The van der Waals surface area contributed by atoms with Crippen molar-refractivity contribution in [1.82, 2.24) is 14.3 Å². The first kappa shape index (κ1) is 34.9. The third-order valence-corrected chi connectivity index (χ3v) is 10.0. The number of aliphatic hydroxyl groups excluding tert-OH is 1. The lowest BCUT2D eigenvalue weighted by Crippen LogP contribution is -2.42. The molecule has 5 rings (SSSR count). The van der Waals surface area contributed by atoms with Crippen molar-refractivity contribution >= 4 is 49.9 Å². The number of halogens is 5. The van der Waals surface area contributed by atoms with E-state index in [0.717, 1.165) is 42.9 Å². The third kappa shape index (κ3) is 8.25. The molecule has 0 spiro atoms. The number of thiazole rings is 1. The van der Waals surface area contributed by atoms with Gasteiger partial charge in [0.2, 0.25) is 15.8 Å². The van der Waals surface area contributed by atoms with Gasteiger partial charge < -0.3 is 26.2 Å². The van der Waals surface area contributed by atoms with Crippen LogP contribution in [0.1, 0.15) is 40.9 Å². The zero-order chi connectivity index (χ0) is 33.8. The number of rotatable bonds is 7. The molecule has 2 fully saturated rings. The van der Waals surface area contributed by atoms with E-state index >= 15 is 0 Å². The average molecular weight is 693 g/mol. The van der Waals surface area contributed by atoms with Gasteiger partial charge >= 0.3 is 12.1 Å². The van der Waals surface area contributed by atoms with Crippen LogP contribution in [0.4, 0.5) is 38.7 Å². The molecule has 2 saturated heterocycles. The summed E-state index contributed by atoms with van der Waals surface area (Å²) < 4.78 is 87.7. The molecule has 4 heterocycles. The van der Waals surface area contributed by atoms with Crippen LogP contribution in [0.3, 0.4) is 0 Å². The summed E-state index contributed by atoms with van der Waals surface area (Å²) in [4.78, 5) is 32.1. The lowest BCUT2D eigenvalue weighted by molar-refractivity contribution is -0.192. The van der Waals surface area contributed by atoms with Crippen LogP contribution in [0.5, 0.6) is 0 Å². The van der Waals surface area contributed by atoms with Crippen LogP contribution in [0.2, 0.25) is 0 Å². The van der Waals surface area contributed by atoms with Gasteiger partial charge in [0.1, 0.15) is 33.0 Å².